The highest BCUT2D eigenvalue weighted by molar-refractivity contribution is 5.14. The summed E-state index contributed by atoms with van der Waals surface area (Å²) >= 11 is 0. The van der Waals surface area contributed by atoms with Crippen molar-refractivity contribution in [3.8, 4) is 0 Å². The smallest absolute Gasteiger partial charge is 0.0886 e. The lowest BCUT2D eigenvalue weighted by Gasteiger charge is -2.60. The van der Waals surface area contributed by atoms with Crippen molar-refractivity contribution in [3.05, 3.63) is 11.8 Å². The van der Waals surface area contributed by atoms with Gasteiger partial charge in [-0.2, -0.15) is 0 Å². The summed E-state index contributed by atoms with van der Waals surface area (Å²) in [5.74, 6) is 6.98. The number of rotatable bonds is 5. The van der Waals surface area contributed by atoms with Gasteiger partial charge in [0.15, 0.2) is 0 Å². The minimum absolute atomic E-state index is 0.456. The molecular formula is C27H46O. The first-order valence-corrected chi connectivity index (χ1v) is 12.6. The average Bonchev–Trinajstić information content (AvgIpc) is 2.99. The van der Waals surface area contributed by atoms with Crippen LogP contribution in [0.25, 0.3) is 0 Å². The van der Waals surface area contributed by atoms with Crippen molar-refractivity contribution < 1.29 is 5.11 Å². The Morgan fingerprint density at radius 1 is 0.964 bits per heavy atom. The molecule has 0 saturated heterocycles. The molecule has 3 saturated carbocycles. The van der Waals surface area contributed by atoms with E-state index in [0.717, 1.165) is 54.3 Å². The van der Waals surface area contributed by atoms with Crippen LogP contribution in [-0.2, 0) is 0 Å². The summed E-state index contributed by atoms with van der Waals surface area (Å²) < 4.78 is 0. The maximum atomic E-state index is 10.1. The molecule has 160 valence electrons. The highest BCUT2D eigenvalue weighted by Crippen LogP contribution is 2.68. The summed E-state index contributed by atoms with van der Waals surface area (Å²) in [6.45, 7) is 12.6. The van der Waals surface area contributed by atoms with Crippen molar-refractivity contribution in [2.24, 2.45) is 52.3 Å². The molecule has 0 radical (unpaired) electrons. The molecule has 1 nitrogen and oxygen atoms in total. The van der Waals surface area contributed by atoms with Gasteiger partial charge < -0.3 is 5.11 Å². The number of hydrogen-bond donors (Lipinski definition) is 1. The first kappa shape index (κ1) is 20.8. The third-order valence-corrected chi connectivity index (χ3v) is 10.5. The Morgan fingerprint density at radius 2 is 1.71 bits per heavy atom. The van der Waals surface area contributed by atoms with Crippen LogP contribution in [0.1, 0.15) is 105 Å². The molecule has 0 aromatic carbocycles. The number of allylic oxidation sites excluding steroid dienone is 2. The lowest BCUT2D eigenvalue weighted by molar-refractivity contribution is -0.104. The van der Waals surface area contributed by atoms with Crippen LogP contribution in [0.3, 0.4) is 0 Å². The third-order valence-electron chi connectivity index (χ3n) is 10.5. The van der Waals surface area contributed by atoms with Gasteiger partial charge in [-0.1, -0.05) is 53.9 Å². The Morgan fingerprint density at radius 3 is 2.46 bits per heavy atom. The van der Waals surface area contributed by atoms with Gasteiger partial charge in [-0.25, -0.2) is 0 Å². The largest absolute Gasteiger partial charge is 0.513 e. The molecule has 28 heavy (non-hydrogen) atoms. The van der Waals surface area contributed by atoms with Gasteiger partial charge in [0.25, 0.3) is 0 Å². The lowest BCUT2D eigenvalue weighted by Crippen LogP contribution is -2.52. The van der Waals surface area contributed by atoms with E-state index in [4.69, 9.17) is 0 Å². The predicted octanol–water partition coefficient (Wildman–Crippen LogP) is 8.16. The highest BCUT2D eigenvalue weighted by Gasteiger charge is 2.60. The molecule has 0 aliphatic heterocycles. The molecule has 3 fully saturated rings. The molecule has 0 bridgehead atoms. The number of aliphatic hydroxyl groups excluding tert-OH is 1. The Hall–Kier alpha value is -0.460. The van der Waals surface area contributed by atoms with E-state index in [0.29, 0.717) is 16.6 Å². The number of fused-ring (bicyclic) bond motifs is 5. The fourth-order valence-electron chi connectivity index (χ4n) is 8.89. The quantitative estimate of drug-likeness (QED) is 0.505. The molecule has 8 atom stereocenters. The summed E-state index contributed by atoms with van der Waals surface area (Å²) in [4.78, 5) is 0. The zero-order valence-corrected chi connectivity index (χ0v) is 19.3. The van der Waals surface area contributed by atoms with Crippen molar-refractivity contribution in [2.45, 2.75) is 105 Å². The van der Waals surface area contributed by atoms with Gasteiger partial charge in [0.1, 0.15) is 0 Å². The maximum absolute atomic E-state index is 10.1. The van der Waals surface area contributed by atoms with Gasteiger partial charge >= 0.3 is 0 Å². The second kappa shape index (κ2) is 7.66. The van der Waals surface area contributed by atoms with Crippen molar-refractivity contribution in [1.82, 2.24) is 0 Å². The van der Waals surface area contributed by atoms with Crippen LogP contribution in [0, 0.1) is 52.3 Å². The van der Waals surface area contributed by atoms with E-state index < -0.39 is 0 Å². The average molecular weight is 387 g/mol. The number of hydrogen-bond acceptors (Lipinski definition) is 1. The Kier molecular flexibility index (Phi) is 5.69. The summed E-state index contributed by atoms with van der Waals surface area (Å²) in [6.07, 6.45) is 17.2. The molecule has 4 aliphatic carbocycles. The van der Waals surface area contributed by atoms with E-state index >= 15 is 0 Å². The van der Waals surface area contributed by atoms with E-state index in [9.17, 15) is 5.11 Å². The van der Waals surface area contributed by atoms with Crippen molar-refractivity contribution in [1.29, 1.82) is 0 Å². The fraction of sp³-hybridized carbons (Fsp3) is 0.926. The normalized spacial score (nSPS) is 46.5. The second-order valence-corrected chi connectivity index (χ2v) is 12.3. The molecule has 0 amide bonds. The lowest BCUT2D eigenvalue weighted by atomic mass is 9.45. The molecule has 0 aromatic heterocycles. The Bertz CT molecular complexity index is 591. The molecule has 4 rings (SSSR count). The van der Waals surface area contributed by atoms with E-state index in [-0.39, 0.29) is 0 Å². The zero-order valence-electron chi connectivity index (χ0n) is 19.3. The Labute approximate surface area is 174 Å². The van der Waals surface area contributed by atoms with Gasteiger partial charge in [-0.15, -0.1) is 0 Å². The van der Waals surface area contributed by atoms with Crippen molar-refractivity contribution >= 4 is 0 Å². The minimum atomic E-state index is 0.456. The third kappa shape index (κ3) is 3.37. The topological polar surface area (TPSA) is 20.2 Å². The molecule has 1 heteroatoms. The molecule has 4 aliphatic rings. The van der Waals surface area contributed by atoms with E-state index in [1.54, 1.807) is 0 Å². The summed E-state index contributed by atoms with van der Waals surface area (Å²) in [5, 5.41) is 10.1. The highest BCUT2D eigenvalue weighted by atomic mass is 16.3. The first-order chi connectivity index (χ1) is 13.3. The van der Waals surface area contributed by atoms with Gasteiger partial charge in [-0.3, -0.25) is 0 Å². The van der Waals surface area contributed by atoms with Crippen molar-refractivity contribution in [2.75, 3.05) is 0 Å². The SMILES string of the molecule is CC(C)CCC[C@@H](C)[C@H]1CC[C@@H]2[C@H]3CC[C@H]4CC(O)=CC[C@]4(C)[C@@H]3CC[C@@]21C. The molecule has 1 N–H and O–H groups in total. The van der Waals surface area contributed by atoms with Gasteiger partial charge in [0, 0.05) is 6.42 Å². The number of aliphatic hydroxyl groups is 1. The van der Waals surface area contributed by atoms with Crippen LogP contribution in [0.4, 0.5) is 0 Å². The van der Waals surface area contributed by atoms with Crippen LogP contribution < -0.4 is 0 Å². The van der Waals surface area contributed by atoms with Crippen LogP contribution >= 0.6 is 0 Å². The monoisotopic (exact) mass is 386 g/mol. The van der Waals surface area contributed by atoms with Crippen LogP contribution in [0.5, 0.6) is 0 Å². The molecule has 0 spiro atoms. The Balaban J connectivity index is 1.48. The molecular weight excluding hydrogens is 340 g/mol. The summed E-state index contributed by atoms with van der Waals surface area (Å²) in [7, 11) is 0. The van der Waals surface area contributed by atoms with E-state index in [1.807, 2.05) is 0 Å². The van der Waals surface area contributed by atoms with E-state index in [2.05, 4.69) is 40.7 Å². The molecule has 0 unspecified atom stereocenters. The zero-order chi connectivity index (χ0) is 20.1. The fourth-order valence-corrected chi connectivity index (χ4v) is 8.89. The van der Waals surface area contributed by atoms with Crippen LogP contribution in [0.15, 0.2) is 11.8 Å². The molecule has 0 heterocycles. The van der Waals surface area contributed by atoms with Crippen molar-refractivity contribution in [3.63, 3.8) is 0 Å². The first-order valence-electron chi connectivity index (χ1n) is 12.6. The predicted molar refractivity (Wildman–Crippen MR) is 119 cm³/mol. The summed E-state index contributed by atoms with van der Waals surface area (Å²) in [6, 6.07) is 0. The molecule has 0 aromatic rings. The van der Waals surface area contributed by atoms with Gasteiger partial charge in [0.2, 0.25) is 0 Å². The van der Waals surface area contributed by atoms with Gasteiger partial charge in [0.05, 0.1) is 5.76 Å². The summed E-state index contributed by atoms with van der Waals surface area (Å²) in [5.41, 5.74) is 1.06. The second-order valence-electron chi connectivity index (χ2n) is 12.3. The van der Waals surface area contributed by atoms with Crippen LogP contribution in [-0.4, -0.2) is 5.11 Å². The van der Waals surface area contributed by atoms with Gasteiger partial charge in [-0.05, 0) is 103 Å². The standard InChI is InChI=1S/C27H46O/c1-18(2)7-6-8-19(3)23-11-12-24-22-10-9-20-17-21(28)13-15-26(20,4)25(22)14-16-27(23,24)5/h13,18-20,22-25,28H,6-12,14-17H2,1-5H3/t19-,20+,22-,23-,24-,25-,26+,27-/m1/s1. The minimum Gasteiger partial charge on any atom is -0.513 e. The van der Waals surface area contributed by atoms with E-state index in [1.165, 1.54) is 57.8 Å². The van der Waals surface area contributed by atoms with Crippen LogP contribution in [0.2, 0.25) is 0 Å². The maximum Gasteiger partial charge on any atom is 0.0886 e.